The molecular weight excluding hydrogens is 365 g/mol. The van der Waals surface area contributed by atoms with Gasteiger partial charge in [-0.3, -0.25) is 9.78 Å². The minimum absolute atomic E-state index is 0.284. The van der Waals surface area contributed by atoms with Gasteiger partial charge in [-0.1, -0.05) is 6.07 Å². The number of aromatic amines is 1. The largest absolute Gasteiger partial charge is 0.381 e. The van der Waals surface area contributed by atoms with E-state index in [0.717, 1.165) is 4.70 Å². The molecule has 0 amide bonds. The summed E-state index contributed by atoms with van der Waals surface area (Å²) in [5.74, 6) is -0.419. The summed E-state index contributed by atoms with van der Waals surface area (Å²) in [6.07, 6.45) is 3.86. The quantitative estimate of drug-likeness (QED) is 0.457. The van der Waals surface area contributed by atoms with Gasteiger partial charge >= 0.3 is 0 Å². The van der Waals surface area contributed by atoms with Crippen molar-refractivity contribution in [3.05, 3.63) is 81.7 Å². The number of fused-ring (bicyclic) bond motifs is 6. The predicted molar refractivity (Wildman–Crippen MR) is 104 cm³/mol. The Kier molecular flexibility index (Phi) is 3.53. The number of benzene rings is 2. The van der Waals surface area contributed by atoms with Crippen molar-refractivity contribution >= 4 is 43.1 Å². The van der Waals surface area contributed by atoms with E-state index in [1.807, 2.05) is 0 Å². The molecule has 3 heterocycles. The van der Waals surface area contributed by atoms with Gasteiger partial charge in [-0.2, -0.15) is 0 Å². The van der Waals surface area contributed by atoms with Crippen LogP contribution in [-0.2, 0) is 0 Å². The number of nitrogens with zero attached hydrogens (tertiary/aromatic N) is 2. The average molecular weight is 377 g/mol. The fraction of sp³-hybridized carbons (Fsp3) is 0.0500. The summed E-state index contributed by atoms with van der Waals surface area (Å²) in [6, 6.07) is 9.63. The van der Waals surface area contributed by atoms with E-state index in [4.69, 9.17) is 0 Å². The van der Waals surface area contributed by atoms with Crippen LogP contribution in [0.1, 0.15) is 16.7 Å². The minimum Gasteiger partial charge on any atom is -0.381 e. The van der Waals surface area contributed by atoms with E-state index in [2.05, 4.69) is 15.0 Å². The second kappa shape index (κ2) is 5.94. The fourth-order valence-corrected chi connectivity index (χ4v) is 4.49. The Bertz CT molecular complexity index is 1380. The number of halogens is 1. The fourth-order valence-electron chi connectivity index (χ4n) is 3.36. The lowest BCUT2D eigenvalue weighted by Crippen LogP contribution is -2.05. The van der Waals surface area contributed by atoms with Crippen LogP contribution in [0.5, 0.6) is 0 Å². The number of aliphatic hydroxyl groups is 1. The lowest BCUT2D eigenvalue weighted by Gasteiger charge is -2.05. The highest BCUT2D eigenvalue weighted by atomic mass is 32.1. The first-order chi connectivity index (χ1) is 13.1. The minimum atomic E-state index is -0.927. The smallest absolute Gasteiger partial charge is 0.256 e. The van der Waals surface area contributed by atoms with E-state index in [1.165, 1.54) is 23.5 Å². The normalized spacial score (nSPS) is 12.8. The van der Waals surface area contributed by atoms with Crippen molar-refractivity contribution in [2.75, 3.05) is 0 Å². The van der Waals surface area contributed by atoms with Crippen molar-refractivity contribution in [2.24, 2.45) is 0 Å². The number of nitrogens with one attached hydrogen (secondary N) is 1. The summed E-state index contributed by atoms with van der Waals surface area (Å²) >= 11 is 1.32. The van der Waals surface area contributed by atoms with Crippen LogP contribution < -0.4 is 5.56 Å². The molecule has 1 atom stereocenters. The van der Waals surface area contributed by atoms with E-state index < -0.39 is 11.9 Å². The first kappa shape index (κ1) is 16.0. The summed E-state index contributed by atoms with van der Waals surface area (Å²) in [4.78, 5) is 23.8. The summed E-state index contributed by atoms with van der Waals surface area (Å²) in [5, 5.41) is 13.5. The summed E-state index contributed by atoms with van der Waals surface area (Å²) in [7, 11) is 0. The van der Waals surface area contributed by atoms with E-state index in [9.17, 15) is 14.3 Å². The zero-order valence-corrected chi connectivity index (χ0v) is 14.6. The highest BCUT2D eigenvalue weighted by Crippen LogP contribution is 2.39. The molecule has 0 fully saturated rings. The molecule has 2 N–H and O–H groups in total. The van der Waals surface area contributed by atoms with Gasteiger partial charge < -0.3 is 10.1 Å². The highest BCUT2D eigenvalue weighted by molar-refractivity contribution is 7.19. The average Bonchev–Trinajstić information content (AvgIpc) is 3.13. The molecule has 0 spiro atoms. The first-order valence-corrected chi connectivity index (χ1v) is 9.06. The summed E-state index contributed by atoms with van der Waals surface area (Å²) in [6.45, 7) is 0. The van der Waals surface area contributed by atoms with Crippen LogP contribution in [0.4, 0.5) is 4.39 Å². The van der Waals surface area contributed by atoms with Gasteiger partial charge in [0.2, 0.25) is 0 Å². The number of thiazole rings is 1. The summed E-state index contributed by atoms with van der Waals surface area (Å²) in [5.41, 5.74) is 0.993. The zero-order chi connectivity index (χ0) is 18.5. The van der Waals surface area contributed by atoms with Crippen LogP contribution in [0, 0.1) is 5.82 Å². The topological polar surface area (TPSA) is 78.9 Å². The van der Waals surface area contributed by atoms with Crippen molar-refractivity contribution in [1.29, 1.82) is 0 Å². The Morgan fingerprint density at radius 2 is 2.04 bits per heavy atom. The van der Waals surface area contributed by atoms with Gasteiger partial charge in [0.1, 0.15) is 16.9 Å². The molecule has 1 unspecified atom stereocenters. The Hall–Kier alpha value is -3.16. The molecule has 5 nitrogen and oxygen atoms in total. The van der Waals surface area contributed by atoms with E-state index in [-0.39, 0.29) is 5.56 Å². The van der Waals surface area contributed by atoms with Gasteiger partial charge in [0.05, 0.1) is 15.6 Å². The molecule has 0 aliphatic heterocycles. The lowest BCUT2D eigenvalue weighted by atomic mass is 10.0. The monoisotopic (exact) mass is 377 g/mol. The van der Waals surface area contributed by atoms with Crippen LogP contribution in [0.15, 0.2) is 59.8 Å². The number of aromatic nitrogens is 3. The number of pyridine rings is 2. The maximum atomic E-state index is 13.9. The Morgan fingerprint density at radius 3 is 2.85 bits per heavy atom. The SMILES string of the molecule is O=c1[nH]ccc2c3sc(C(O)c4cccnc4)nc3c3ccc(F)cc3c12. The van der Waals surface area contributed by atoms with Gasteiger partial charge in [-0.05, 0) is 30.3 Å². The molecule has 0 radical (unpaired) electrons. The maximum absolute atomic E-state index is 13.9. The molecule has 0 saturated carbocycles. The van der Waals surface area contributed by atoms with Gasteiger partial charge in [0.15, 0.2) is 0 Å². The van der Waals surface area contributed by atoms with E-state index in [1.54, 1.807) is 42.9 Å². The maximum Gasteiger partial charge on any atom is 0.256 e. The van der Waals surface area contributed by atoms with Crippen molar-refractivity contribution in [1.82, 2.24) is 15.0 Å². The zero-order valence-electron chi connectivity index (χ0n) is 13.8. The van der Waals surface area contributed by atoms with Crippen molar-refractivity contribution < 1.29 is 9.50 Å². The number of rotatable bonds is 2. The third kappa shape index (κ3) is 2.43. The van der Waals surface area contributed by atoms with Crippen LogP contribution in [-0.4, -0.2) is 20.1 Å². The molecule has 27 heavy (non-hydrogen) atoms. The molecule has 132 valence electrons. The molecule has 0 aliphatic rings. The Balaban J connectivity index is 1.90. The van der Waals surface area contributed by atoms with Gasteiger partial charge in [0.25, 0.3) is 5.56 Å². The molecule has 0 saturated heterocycles. The Morgan fingerprint density at radius 1 is 1.15 bits per heavy atom. The summed E-state index contributed by atoms with van der Waals surface area (Å²) < 4.78 is 14.7. The van der Waals surface area contributed by atoms with Crippen molar-refractivity contribution in [3.63, 3.8) is 0 Å². The van der Waals surface area contributed by atoms with Gasteiger partial charge in [-0.25, -0.2) is 9.37 Å². The molecular formula is C20H12FN3O2S. The number of aliphatic hydroxyl groups excluding tert-OH is 1. The molecule has 3 aromatic heterocycles. The molecule has 7 heteroatoms. The molecule has 2 aromatic carbocycles. The third-order valence-corrected chi connectivity index (χ3v) is 5.73. The van der Waals surface area contributed by atoms with Crippen molar-refractivity contribution in [2.45, 2.75) is 6.10 Å². The van der Waals surface area contributed by atoms with E-state index in [0.29, 0.717) is 37.6 Å². The van der Waals surface area contributed by atoms with Gasteiger partial charge in [-0.15, -0.1) is 11.3 Å². The lowest BCUT2D eigenvalue weighted by molar-refractivity contribution is 0.219. The Labute approximate surface area is 155 Å². The molecule has 5 rings (SSSR count). The second-order valence-electron chi connectivity index (χ2n) is 6.20. The van der Waals surface area contributed by atoms with Gasteiger partial charge in [0, 0.05) is 40.3 Å². The predicted octanol–water partition coefficient (Wildman–Crippen LogP) is 3.91. The van der Waals surface area contributed by atoms with E-state index >= 15 is 0 Å². The standard InChI is InChI=1S/C20H12FN3O2S/c21-11-3-4-12-14(8-11)15-13(5-7-23-19(15)26)18-16(12)24-20(27-18)17(25)10-2-1-6-22-9-10/h1-9,17,25H,(H,23,26). The van der Waals surface area contributed by atoms with Crippen molar-refractivity contribution in [3.8, 4) is 0 Å². The number of hydrogen-bond donors (Lipinski definition) is 2. The van der Waals surface area contributed by atoms with Crippen LogP contribution in [0.2, 0.25) is 0 Å². The van der Waals surface area contributed by atoms with Crippen LogP contribution in [0.3, 0.4) is 0 Å². The number of H-pyrrole nitrogens is 1. The molecule has 0 bridgehead atoms. The number of hydrogen-bond acceptors (Lipinski definition) is 5. The second-order valence-corrected chi connectivity index (χ2v) is 7.23. The first-order valence-electron chi connectivity index (χ1n) is 8.24. The third-order valence-electron chi connectivity index (χ3n) is 4.59. The molecule has 5 aromatic rings. The van der Waals surface area contributed by atoms with Crippen LogP contribution >= 0.6 is 11.3 Å². The molecule has 0 aliphatic carbocycles. The highest BCUT2D eigenvalue weighted by Gasteiger charge is 2.20. The van der Waals surface area contributed by atoms with Crippen LogP contribution in [0.25, 0.3) is 31.8 Å².